The molecule has 1 aromatic heterocycles. The largest absolute Gasteiger partial charge is 0.323 e. The van der Waals surface area contributed by atoms with Gasteiger partial charge in [0.2, 0.25) is 5.91 Å². The van der Waals surface area contributed by atoms with Gasteiger partial charge in [-0.3, -0.25) is 14.2 Å². The average molecular weight is 327 g/mol. The van der Waals surface area contributed by atoms with Crippen LogP contribution < -0.4 is 10.9 Å². The summed E-state index contributed by atoms with van der Waals surface area (Å²) in [5, 5.41) is 4.15. The molecule has 0 saturated carbocycles. The monoisotopic (exact) mass is 326 g/mol. The van der Waals surface area contributed by atoms with Crippen molar-refractivity contribution in [1.29, 1.82) is 0 Å². The van der Waals surface area contributed by atoms with Crippen LogP contribution in [-0.2, 0) is 11.3 Å². The standard InChI is InChI=1S/C18H15ClN2O2/c1-12-10-18(23)21(16-9-5-2-6-13(12)16)11-17(22)20-15-8-4-3-7-14(15)19/h2-10H,11H2,1H3,(H,20,22). The Labute approximate surface area is 138 Å². The van der Waals surface area contributed by atoms with Gasteiger partial charge in [0, 0.05) is 11.5 Å². The lowest BCUT2D eigenvalue weighted by Gasteiger charge is -2.12. The maximum atomic E-state index is 12.3. The van der Waals surface area contributed by atoms with Crippen molar-refractivity contribution in [3.8, 4) is 0 Å². The number of aryl methyl sites for hydroxylation is 1. The van der Waals surface area contributed by atoms with Crippen LogP contribution in [0.5, 0.6) is 0 Å². The van der Waals surface area contributed by atoms with E-state index in [-0.39, 0.29) is 18.0 Å². The second-order valence-corrected chi connectivity index (χ2v) is 5.70. The lowest BCUT2D eigenvalue weighted by molar-refractivity contribution is -0.116. The summed E-state index contributed by atoms with van der Waals surface area (Å²) in [7, 11) is 0. The molecule has 0 aliphatic carbocycles. The first-order valence-electron chi connectivity index (χ1n) is 7.20. The zero-order chi connectivity index (χ0) is 16.4. The first kappa shape index (κ1) is 15.3. The molecule has 5 heteroatoms. The van der Waals surface area contributed by atoms with Gasteiger partial charge in [-0.05, 0) is 30.7 Å². The third-order valence-electron chi connectivity index (χ3n) is 3.68. The molecule has 4 nitrogen and oxygen atoms in total. The third-order valence-corrected chi connectivity index (χ3v) is 4.00. The molecule has 2 aromatic carbocycles. The number of amides is 1. The second kappa shape index (κ2) is 6.26. The van der Waals surface area contributed by atoms with E-state index in [0.29, 0.717) is 10.7 Å². The Kier molecular flexibility index (Phi) is 4.17. The van der Waals surface area contributed by atoms with E-state index in [9.17, 15) is 9.59 Å². The summed E-state index contributed by atoms with van der Waals surface area (Å²) < 4.78 is 1.47. The molecule has 23 heavy (non-hydrogen) atoms. The number of nitrogens with zero attached hydrogens (tertiary/aromatic N) is 1. The third kappa shape index (κ3) is 3.12. The second-order valence-electron chi connectivity index (χ2n) is 5.30. The molecule has 0 saturated heterocycles. The van der Waals surface area contributed by atoms with Gasteiger partial charge in [-0.1, -0.05) is 41.9 Å². The van der Waals surface area contributed by atoms with Crippen LogP contribution in [0.1, 0.15) is 5.56 Å². The highest BCUT2D eigenvalue weighted by atomic mass is 35.5. The summed E-state index contributed by atoms with van der Waals surface area (Å²) in [6.07, 6.45) is 0. The Hall–Kier alpha value is -2.59. The Bertz CT molecular complexity index is 947. The normalized spacial score (nSPS) is 10.7. The molecule has 0 unspecified atom stereocenters. The van der Waals surface area contributed by atoms with Crippen LogP contribution in [0.25, 0.3) is 10.9 Å². The van der Waals surface area contributed by atoms with Crippen molar-refractivity contribution >= 4 is 34.1 Å². The zero-order valence-electron chi connectivity index (χ0n) is 12.5. The topological polar surface area (TPSA) is 51.1 Å². The number of halogens is 1. The van der Waals surface area contributed by atoms with Crippen LogP contribution in [0.3, 0.4) is 0 Å². The molecule has 0 spiro atoms. The summed E-state index contributed by atoms with van der Waals surface area (Å²) in [6, 6.07) is 16.1. The Morgan fingerprint density at radius 1 is 1.13 bits per heavy atom. The van der Waals surface area contributed by atoms with Gasteiger partial charge in [-0.15, -0.1) is 0 Å². The van der Waals surface area contributed by atoms with Crippen molar-refractivity contribution in [1.82, 2.24) is 4.57 Å². The predicted molar refractivity (Wildman–Crippen MR) is 93.0 cm³/mol. The smallest absolute Gasteiger partial charge is 0.251 e. The van der Waals surface area contributed by atoms with E-state index < -0.39 is 0 Å². The molecule has 3 aromatic rings. The van der Waals surface area contributed by atoms with Gasteiger partial charge in [0.05, 0.1) is 16.2 Å². The van der Waals surface area contributed by atoms with E-state index in [1.807, 2.05) is 31.2 Å². The number of carbonyl (C=O) groups is 1. The van der Waals surface area contributed by atoms with Crippen LogP contribution >= 0.6 is 11.6 Å². The fourth-order valence-electron chi connectivity index (χ4n) is 2.56. The van der Waals surface area contributed by atoms with Gasteiger partial charge in [-0.25, -0.2) is 0 Å². The molecule has 1 amide bonds. The number of aromatic nitrogens is 1. The highest BCUT2D eigenvalue weighted by molar-refractivity contribution is 6.33. The number of pyridine rings is 1. The Morgan fingerprint density at radius 3 is 2.61 bits per heavy atom. The van der Waals surface area contributed by atoms with Crippen molar-refractivity contribution < 1.29 is 4.79 Å². The molecule has 0 aliphatic rings. The van der Waals surface area contributed by atoms with Crippen LogP contribution in [0.15, 0.2) is 59.4 Å². The molecule has 0 bridgehead atoms. The minimum absolute atomic E-state index is 0.0646. The van der Waals surface area contributed by atoms with Gasteiger partial charge >= 0.3 is 0 Å². The summed E-state index contributed by atoms with van der Waals surface area (Å²) in [5.41, 5.74) is 1.97. The molecule has 3 rings (SSSR count). The number of hydrogen-bond acceptors (Lipinski definition) is 2. The van der Waals surface area contributed by atoms with Crippen molar-refractivity contribution in [2.75, 3.05) is 5.32 Å². The molecular weight excluding hydrogens is 312 g/mol. The highest BCUT2D eigenvalue weighted by Crippen LogP contribution is 2.21. The highest BCUT2D eigenvalue weighted by Gasteiger charge is 2.11. The van der Waals surface area contributed by atoms with E-state index in [0.717, 1.165) is 16.5 Å². The van der Waals surface area contributed by atoms with Crippen molar-refractivity contribution in [2.45, 2.75) is 13.5 Å². The van der Waals surface area contributed by atoms with Crippen LogP contribution in [-0.4, -0.2) is 10.5 Å². The first-order chi connectivity index (χ1) is 11.1. The maximum Gasteiger partial charge on any atom is 0.251 e. The number of nitrogens with one attached hydrogen (secondary N) is 1. The molecule has 0 aliphatic heterocycles. The van der Waals surface area contributed by atoms with E-state index in [1.54, 1.807) is 30.3 Å². The average Bonchev–Trinajstić information content (AvgIpc) is 2.54. The molecule has 1 N–H and O–H groups in total. The maximum absolute atomic E-state index is 12.3. The number of anilines is 1. The molecule has 116 valence electrons. The molecule has 0 fully saturated rings. The summed E-state index contributed by atoms with van der Waals surface area (Å²) in [4.78, 5) is 24.6. The molecule has 0 radical (unpaired) electrons. The fraction of sp³-hybridized carbons (Fsp3) is 0.111. The fourth-order valence-corrected chi connectivity index (χ4v) is 2.74. The van der Waals surface area contributed by atoms with Crippen LogP contribution in [0, 0.1) is 6.92 Å². The van der Waals surface area contributed by atoms with E-state index in [2.05, 4.69) is 5.32 Å². The number of benzene rings is 2. The Balaban J connectivity index is 1.94. The SMILES string of the molecule is Cc1cc(=O)n(CC(=O)Nc2ccccc2Cl)c2ccccc12. The quantitative estimate of drug-likeness (QED) is 0.799. The molecule has 0 atom stereocenters. The van der Waals surface area contributed by atoms with Crippen molar-refractivity contribution in [3.63, 3.8) is 0 Å². The number of hydrogen-bond donors (Lipinski definition) is 1. The van der Waals surface area contributed by atoms with Gasteiger partial charge in [0.15, 0.2) is 0 Å². The molecular formula is C18H15ClN2O2. The van der Waals surface area contributed by atoms with Gasteiger partial charge in [-0.2, -0.15) is 0 Å². The minimum Gasteiger partial charge on any atom is -0.323 e. The molecule has 1 heterocycles. The van der Waals surface area contributed by atoms with E-state index in [1.165, 1.54) is 4.57 Å². The Morgan fingerprint density at radius 2 is 1.83 bits per heavy atom. The number of rotatable bonds is 3. The van der Waals surface area contributed by atoms with Crippen LogP contribution in [0.4, 0.5) is 5.69 Å². The van der Waals surface area contributed by atoms with Crippen molar-refractivity contribution in [3.05, 3.63) is 75.5 Å². The lowest BCUT2D eigenvalue weighted by atomic mass is 10.1. The van der Waals surface area contributed by atoms with Gasteiger partial charge in [0.25, 0.3) is 5.56 Å². The summed E-state index contributed by atoms with van der Waals surface area (Å²) in [6.45, 7) is 1.82. The lowest BCUT2D eigenvalue weighted by Crippen LogP contribution is -2.27. The summed E-state index contributed by atoms with van der Waals surface area (Å²) >= 11 is 6.04. The van der Waals surface area contributed by atoms with E-state index in [4.69, 9.17) is 11.6 Å². The van der Waals surface area contributed by atoms with Gasteiger partial charge in [0.1, 0.15) is 6.54 Å². The predicted octanol–water partition coefficient (Wildman–Crippen LogP) is 3.60. The van der Waals surface area contributed by atoms with Crippen molar-refractivity contribution in [2.24, 2.45) is 0 Å². The van der Waals surface area contributed by atoms with Gasteiger partial charge < -0.3 is 5.32 Å². The number of fused-ring (bicyclic) bond motifs is 1. The number of para-hydroxylation sites is 2. The summed E-state index contributed by atoms with van der Waals surface area (Å²) in [5.74, 6) is -0.297. The number of carbonyl (C=O) groups excluding carboxylic acids is 1. The van der Waals surface area contributed by atoms with E-state index >= 15 is 0 Å². The first-order valence-corrected chi connectivity index (χ1v) is 7.57. The van der Waals surface area contributed by atoms with Crippen LogP contribution in [0.2, 0.25) is 5.02 Å². The zero-order valence-corrected chi connectivity index (χ0v) is 13.3. The minimum atomic E-state index is -0.297.